The molecule has 1 aliphatic heterocycles. The van der Waals surface area contributed by atoms with E-state index in [-0.39, 0.29) is 0 Å². The Morgan fingerprint density at radius 1 is 1.54 bits per heavy atom. The van der Waals surface area contributed by atoms with E-state index in [1.165, 1.54) is 17.3 Å². The fraction of sp³-hybridized carbons (Fsp3) is 0.300. The number of rotatable bonds is 1. The smallest absolute Gasteiger partial charge is 0.122 e. The summed E-state index contributed by atoms with van der Waals surface area (Å²) in [7, 11) is 0. The van der Waals surface area contributed by atoms with E-state index in [9.17, 15) is 0 Å². The van der Waals surface area contributed by atoms with Gasteiger partial charge in [-0.2, -0.15) is 0 Å². The van der Waals surface area contributed by atoms with Gasteiger partial charge in [0.25, 0.3) is 0 Å². The predicted molar refractivity (Wildman–Crippen MR) is 56.0 cm³/mol. The van der Waals surface area contributed by atoms with Crippen molar-refractivity contribution in [3.63, 3.8) is 0 Å². The molecule has 1 heterocycles. The van der Waals surface area contributed by atoms with E-state index in [1.54, 1.807) is 0 Å². The number of thioether (sulfide) groups is 1. The molecule has 1 N–H and O–H groups in total. The van der Waals surface area contributed by atoms with Gasteiger partial charge in [0.05, 0.1) is 11.7 Å². The Balaban J connectivity index is 2.36. The van der Waals surface area contributed by atoms with Gasteiger partial charge in [-0.25, -0.2) is 0 Å². The second-order valence-electron chi connectivity index (χ2n) is 2.95. The minimum atomic E-state index is 0.620. The zero-order valence-electron chi connectivity index (χ0n) is 7.46. The Bertz CT molecular complexity index is 349. The van der Waals surface area contributed by atoms with Gasteiger partial charge in [0.15, 0.2) is 0 Å². The minimum Gasteiger partial charge on any atom is -0.493 e. The third-order valence-corrected chi connectivity index (χ3v) is 2.80. The van der Waals surface area contributed by atoms with Crippen molar-refractivity contribution in [2.45, 2.75) is 6.42 Å². The Kier molecular flexibility index (Phi) is 2.27. The van der Waals surface area contributed by atoms with Gasteiger partial charge in [-0.15, -0.1) is 11.8 Å². The molecule has 1 aromatic rings. The molecule has 0 amide bonds. The lowest BCUT2D eigenvalue weighted by atomic mass is 10.1. The van der Waals surface area contributed by atoms with Crippen LogP contribution in [-0.2, 0) is 6.42 Å². The maximum absolute atomic E-state index is 7.66. The van der Waals surface area contributed by atoms with Crippen molar-refractivity contribution in [1.29, 1.82) is 5.41 Å². The summed E-state index contributed by atoms with van der Waals surface area (Å²) < 4.78 is 5.39. The molecule has 13 heavy (non-hydrogen) atoms. The summed E-state index contributed by atoms with van der Waals surface area (Å²) in [6.45, 7) is 0.783. The Labute approximate surface area is 81.8 Å². The normalized spacial score (nSPS) is 13.6. The molecular weight excluding hydrogens is 182 g/mol. The average molecular weight is 193 g/mol. The monoisotopic (exact) mass is 193 g/mol. The van der Waals surface area contributed by atoms with Gasteiger partial charge in [-0.05, 0) is 30.0 Å². The zero-order chi connectivity index (χ0) is 9.26. The van der Waals surface area contributed by atoms with Crippen LogP contribution in [0.5, 0.6) is 5.75 Å². The summed E-state index contributed by atoms with van der Waals surface area (Å²) in [5.41, 5.74) is 2.23. The van der Waals surface area contributed by atoms with Gasteiger partial charge in [-0.3, -0.25) is 5.41 Å². The highest BCUT2D eigenvalue weighted by Gasteiger charge is 2.12. The molecule has 1 aliphatic rings. The second kappa shape index (κ2) is 3.42. The molecule has 0 saturated heterocycles. The number of benzene rings is 1. The Morgan fingerprint density at radius 3 is 3.15 bits per heavy atom. The van der Waals surface area contributed by atoms with Gasteiger partial charge in [0.1, 0.15) is 5.75 Å². The molecule has 0 atom stereocenters. The van der Waals surface area contributed by atoms with Gasteiger partial charge < -0.3 is 4.74 Å². The summed E-state index contributed by atoms with van der Waals surface area (Å²) in [6.07, 6.45) is 2.90. The van der Waals surface area contributed by atoms with Crippen LogP contribution in [0.15, 0.2) is 18.2 Å². The topological polar surface area (TPSA) is 33.1 Å². The minimum absolute atomic E-state index is 0.620. The van der Waals surface area contributed by atoms with Gasteiger partial charge in [0, 0.05) is 12.0 Å². The van der Waals surface area contributed by atoms with Crippen LogP contribution in [-0.4, -0.2) is 17.9 Å². The van der Waals surface area contributed by atoms with Crippen LogP contribution < -0.4 is 4.74 Å². The largest absolute Gasteiger partial charge is 0.493 e. The standard InChI is InChI=1S/C10H11NOS/c1-13-10(11)8-2-3-9-7(6-8)4-5-12-9/h2-3,6,11H,4-5H2,1H3. The van der Waals surface area contributed by atoms with E-state index in [0.717, 1.165) is 24.3 Å². The van der Waals surface area contributed by atoms with E-state index < -0.39 is 0 Å². The molecule has 0 fully saturated rings. The summed E-state index contributed by atoms with van der Waals surface area (Å²) in [4.78, 5) is 0. The fourth-order valence-electron chi connectivity index (χ4n) is 1.45. The molecule has 2 rings (SSSR count). The quantitative estimate of drug-likeness (QED) is 0.548. The van der Waals surface area contributed by atoms with Crippen molar-refractivity contribution in [1.82, 2.24) is 0 Å². The number of nitrogens with one attached hydrogen (secondary N) is 1. The summed E-state index contributed by atoms with van der Waals surface area (Å²) in [5, 5.41) is 8.28. The van der Waals surface area contributed by atoms with Gasteiger partial charge >= 0.3 is 0 Å². The molecule has 0 bridgehead atoms. The van der Waals surface area contributed by atoms with Crippen LogP contribution >= 0.6 is 11.8 Å². The van der Waals surface area contributed by atoms with E-state index in [4.69, 9.17) is 10.1 Å². The van der Waals surface area contributed by atoms with Crippen LogP contribution in [0.4, 0.5) is 0 Å². The van der Waals surface area contributed by atoms with Crippen LogP contribution in [0.2, 0.25) is 0 Å². The lowest BCUT2D eigenvalue weighted by molar-refractivity contribution is 0.357. The summed E-state index contributed by atoms with van der Waals surface area (Å²) >= 11 is 1.47. The molecule has 0 aliphatic carbocycles. The van der Waals surface area contributed by atoms with Crippen molar-refractivity contribution >= 4 is 16.8 Å². The van der Waals surface area contributed by atoms with E-state index in [1.807, 2.05) is 18.4 Å². The zero-order valence-corrected chi connectivity index (χ0v) is 8.28. The first-order chi connectivity index (χ1) is 6.31. The molecule has 3 heteroatoms. The van der Waals surface area contributed by atoms with Crippen LogP contribution in [0, 0.1) is 5.41 Å². The predicted octanol–water partition coefficient (Wildman–Crippen LogP) is 2.31. The number of hydrogen-bond donors (Lipinski definition) is 1. The van der Waals surface area contributed by atoms with Crippen LogP contribution in [0.3, 0.4) is 0 Å². The van der Waals surface area contributed by atoms with Crippen molar-refractivity contribution < 1.29 is 4.74 Å². The van der Waals surface area contributed by atoms with E-state index in [2.05, 4.69) is 6.07 Å². The Morgan fingerprint density at radius 2 is 2.38 bits per heavy atom. The molecule has 2 nitrogen and oxygen atoms in total. The molecule has 0 aromatic heterocycles. The molecule has 0 radical (unpaired) electrons. The third kappa shape index (κ3) is 1.56. The second-order valence-corrected chi connectivity index (χ2v) is 3.77. The molecule has 68 valence electrons. The highest BCUT2D eigenvalue weighted by Crippen LogP contribution is 2.26. The first-order valence-electron chi connectivity index (χ1n) is 4.20. The van der Waals surface area contributed by atoms with E-state index in [0.29, 0.717) is 5.04 Å². The molecule has 0 spiro atoms. The third-order valence-electron chi connectivity index (χ3n) is 2.16. The molecular formula is C10H11NOS. The molecule has 0 saturated carbocycles. The highest BCUT2D eigenvalue weighted by molar-refractivity contribution is 8.13. The van der Waals surface area contributed by atoms with Crippen molar-refractivity contribution in [2.24, 2.45) is 0 Å². The fourth-order valence-corrected chi connectivity index (χ4v) is 1.81. The maximum atomic E-state index is 7.66. The van der Waals surface area contributed by atoms with Gasteiger partial charge in [0.2, 0.25) is 0 Å². The lowest BCUT2D eigenvalue weighted by Crippen LogP contribution is -1.92. The highest BCUT2D eigenvalue weighted by atomic mass is 32.2. The van der Waals surface area contributed by atoms with E-state index >= 15 is 0 Å². The SMILES string of the molecule is CSC(=N)c1ccc2c(c1)CCO2. The van der Waals surface area contributed by atoms with Crippen molar-refractivity contribution in [2.75, 3.05) is 12.9 Å². The summed E-state index contributed by atoms with van der Waals surface area (Å²) in [6, 6.07) is 5.96. The van der Waals surface area contributed by atoms with Crippen molar-refractivity contribution in [3.8, 4) is 5.75 Å². The summed E-state index contributed by atoms with van der Waals surface area (Å²) in [5.74, 6) is 0.984. The number of hydrogen-bond acceptors (Lipinski definition) is 3. The van der Waals surface area contributed by atoms with Crippen LogP contribution in [0.25, 0.3) is 0 Å². The first-order valence-corrected chi connectivity index (χ1v) is 5.42. The number of fused-ring (bicyclic) bond motifs is 1. The van der Waals surface area contributed by atoms with Gasteiger partial charge in [-0.1, -0.05) is 0 Å². The Hall–Kier alpha value is -0.960. The average Bonchev–Trinajstić information content (AvgIpc) is 2.63. The molecule has 0 unspecified atom stereocenters. The lowest BCUT2D eigenvalue weighted by Gasteiger charge is -2.02. The molecule has 1 aromatic carbocycles. The van der Waals surface area contributed by atoms with Crippen LogP contribution in [0.1, 0.15) is 11.1 Å². The maximum Gasteiger partial charge on any atom is 0.122 e. The first kappa shape index (κ1) is 8.63. The van der Waals surface area contributed by atoms with Crippen molar-refractivity contribution in [3.05, 3.63) is 29.3 Å². The number of ether oxygens (including phenoxy) is 1.